The van der Waals surface area contributed by atoms with E-state index < -0.39 is 6.10 Å². The van der Waals surface area contributed by atoms with Crippen molar-refractivity contribution >= 4 is 29.2 Å². The number of nitrogens with one attached hydrogen (secondary N) is 1. The van der Waals surface area contributed by atoms with E-state index in [9.17, 15) is 5.11 Å². The van der Waals surface area contributed by atoms with E-state index in [1.807, 2.05) is 60.9 Å². The minimum atomic E-state index is -0.750. The summed E-state index contributed by atoms with van der Waals surface area (Å²) in [5.74, 6) is 0.714. The molecule has 0 aliphatic heterocycles. The van der Waals surface area contributed by atoms with E-state index in [0.717, 1.165) is 12.2 Å². The normalized spacial score (nSPS) is 13.0. The summed E-state index contributed by atoms with van der Waals surface area (Å²) in [4.78, 5) is 6.54. The predicted molar refractivity (Wildman–Crippen MR) is 104 cm³/mol. The Morgan fingerprint density at radius 1 is 1.36 bits per heavy atom. The van der Waals surface area contributed by atoms with Crippen LogP contribution >= 0.6 is 23.2 Å². The lowest BCUT2D eigenvalue weighted by Gasteiger charge is -2.23. The topological polar surface area (TPSA) is 52.8 Å². The number of aliphatic hydroxyl groups is 1. The van der Waals surface area contributed by atoms with Gasteiger partial charge in [-0.15, -0.1) is 0 Å². The Hall–Kier alpha value is -1.69. The van der Waals surface area contributed by atoms with Crippen LogP contribution in [-0.2, 0) is 13.6 Å². The largest absolute Gasteiger partial charge is 0.386 e. The Morgan fingerprint density at radius 2 is 2.08 bits per heavy atom. The van der Waals surface area contributed by atoms with Crippen molar-refractivity contribution in [1.29, 1.82) is 0 Å². The van der Waals surface area contributed by atoms with Crippen molar-refractivity contribution in [2.24, 2.45) is 12.0 Å². The van der Waals surface area contributed by atoms with Gasteiger partial charge < -0.3 is 19.9 Å². The first-order valence-corrected chi connectivity index (χ1v) is 8.90. The van der Waals surface area contributed by atoms with Crippen molar-refractivity contribution in [1.82, 2.24) is 14.8 Å². The molecular formula is C18H24Cl2N4O. The van der Waals surface area contributed by atoms with Gasteiger partial charge in [-0.3, -0.25) is 4.99 Å². The van der Waals surface area contributed by atoms with Gasteiger partial charge in [-0.05, 0) is 19.1 Å². The van der Waals surface area contributed by atoms with E-state index in [2.05, 4.69) is 10.3 Å². The zero-order valence-electron chi connectivity index (χ0n) is 14.7. The van der Waals surface area contributed by atoms with Gasteiger partial charge in [0, 0.05) is 43.1 Å². The monoisotopic (exact) mass is 382 g/mol. The molecule has 25 heavy (non-hydrogen) atoms. The number of nitrogens with zero attached hydrogens (tertiary/aromatic N) is 3. The van der Waals surface area contributed by atoms with Crippen molar-refractivity contribution in [2.45, 2.75) is 19.6 Å². The molecule has 5 nitrogen and oxygen atoms in total. The summed E-state index contributed by atoms with van der Waals surface area (Å²) in [5, 5.41) is 14.9. The van der Waals surface area contributed by atoms with Crippen LogP contribution in [0.2, 0.25) is 10.0 Å². The summed E-state index contributed by atoms with van der Waals surface area (Å²) in [6.07, 6.45) is 1.12. The van der Waals surface area contributed by atoms with Crippen LogP contribution in [0.1, 0.15) is 24.3 Å². The summed E-state index contributed by atoms with van der Waals surface area (Å²) in [6, 6.07) is 9.20. The molecule has 1 atom stereocenters. The zero-order chi connectivity index (χ0) is 18.4. The van der Waals surface area contributed by atoms with Crippen molar-refractivity contribution < 1.29 is 5.11 Å². The summed E-state index contributed by atoms with van der Waals surface area (Å²) >= 11 is 12.2. The highest BCUT2D eigenvalue weighted by Gasteiger charge is 2.13. The second kappa shape index (κ2) is 9.13. The first-order chi connectivity index (χ1) is 11.9. The Kier molecular flexibility index (Phi) is 7.17. The average Bonchev–Trinajstić information content (AvgIpc) is 2.88. The van der Waals surface area contributed by atoms with Gasteiger partial charge in [-0.25, -0.2) is 0 Å². The van der Waals surface area contributed by atoms with Crippen LogP contribution < -0.4 is 5.32 Å². The lowest BCUT2D eigenvalue weighted by molar-refractivity contribution is 0.186. The molecular weight excluding hydrogens is 359 g/mol. The minimum absolute atomic E-state index is 0.226. The molecule has 1 heterocycles. The van der Waals surface area contributed by atoms with Crippen LogP contribution in [0.15, 0.2) is 41.5 Å². The number of hydrogen-bond acceptors (Lipinski definition) is 2. The van der Waals surface area contributed by atoms with Crippen LogP contribution in [0.5, 0.6) is 0 Å². The van der Waals surface area contributed by atoms with Gasteiger partial charge >= 0.3 is 0 Å². The SMILES string of the molecule is CCNC(=NCC(O)c1ccccc1Cl)N(C)Cc1cc(Cl)cn1C. The molecule has 0 fully saturated rings. The highest BCUT2D eigenvalue weighted by Crippen LogP contribution is 2.22. The second-order valence-corrected chi connectivity index (χ2v) is 6.69. The van der Waals surface area contributed by atoms with Crippen molar-refractivity contribution in [3.05, 3.63) is 57.8 Å². The third-order valence-corrected chi connectivity index (χ3v) is 4.40. The van der Waals surface area contributed by atoms with E-state index in [4.69, 9.17) is 23.2 Å². The van der Waals surface area contributed by atoms with Crippen LogP contribution in [0.3, 0.4) is 0 Å². The number of aryl methyl sites for hydroxylation is 1. The molecule has 0 saturated heterocycles. The molecule has 0 aliphatic carbocycles. The predicted octanol–water partition coefficient (Wildman–Crippen LogP) is 3.46. The summed E-state index contributed by atoms with van der Waals surface area (Å²) in [7, 11) is 3.91. The third kappa shape index (κ3) is 5.39. The molecule has 0 bridgehead atoms. The van der Waals surface area contributed by atoms with E-state index in [-0.39, 0.29) is 6.54 Å². The van der Waals surface area contributed by atoms with Crippen molar-refractivity contribution in [3.8, 4) is 0 Å². The maximum Gasteiger partial charge on any atom is 0.194 e. The molecule has 2 rings (SSSR count). The fourth-order valence-corrected chi connectivity index (χ4v) is 3.06. The van der Waals surface area contributed by atoms with Crippen LogP contribution in [0, 0.1) is 0 Å². The number of aliphatic imine (C=N–C) groups is 1. The van der Waals surface area contributed by atoms with Gasteiger partial charge in [0.25, 0.3) is 0 Å². The van der Waals surface area contributed by atoms with Crippen molar-refractivity contribution in [3.63, 3.8) is 0 Å². The number of aliphatic hydroxyl groups excluding tert-OH is 1. The molecule has 1 aromatic heterocycles. The van der Waals surface area contributed by atoms with Gasteiger partial charge in [0.05, 0.1) is 18.1 Å². The number of halogens is 2. The highest BCUT2D eigenvalue weighted by molar-refractivity contribution is 6.31. The van der Waals surface area contributed by atoms with Gasteiger partial charge in [0.1, 0.15) is 6.10 Å². The Morgan fingerprint density at radius 3 is 2.68 bits per heavy atom. The lowest BCUT2D eigenvalue weighted by atomic mass is 10.1. The molecule has 2 N–H and O–H groups in total. The summed E-state index contributed by atoms with van der Waals surface area (Å²) < 4.78 is 1.99. The Labute approximate surface area is 158 Å². The smallest absolute Gasteiger partial charge is 0.194 e. The number of guanidine groups is 1. The maximum atomic E-state index is 10.4. The number of rotatable bonds is 6. The fraction of sp³-hybridized carbons (Fsp3) is 0.389. The van der Waals surface area contributed by atoms with Crippen LogP contribution in [0.4, 0.5) is 0 Å². The fourth-order valence-electron chi connectivity index (χ4n) is 2.53. The Balaban J connectivity index is 2.09. The zero-order valence-corrected chi connectivity index (χ0v) is 16.2. The molecule has 2 aromatic rings. The molecule has 136 valence electrons. The minimum Gasteiger partial charge on any atom is -0.386 e. The molecule has 0 spiro atoms. The molecule has 7 heteroatoms. The maximum absolute atomic E-state index is 10.4. The number of benzene rings is 1. The quantitative estimate of drug-likeness (QED) is 0.593. The molecule has 0 aliphatic rings. The van der Waals surface area contributed by atoms with E-state index in [0.29, 0.717) is 28.1 Å². The van der Waals surface area contributed by atoms with E-state index >= 15 is 0 Å². The van der Waals surface area contributed by atoms with Crippen LogP contribution in [-0.4, -0.2) is 40.7 Å². The number of hydrogen-bond donors (Lipinski definition) is 2. The summed E-state index contributed by atoms with van der Waals surface area (Å²) in [5.41, 5.74) is 1.75. The first-order valence-electron chi connectivity index (χ1n) is 8.15. The van der Waals surface area contributed by atoms with Gasteiger partial charge in [0.2, 0.25) is 0 Å². The molecule has 1 aromatic carbocycles. The second-order valence-electron chi connectivity index (χ2n) is 5.85. The van der Waals surface area contributed by atoms with Gasteiger partial charge in [-0.2, -0.15) is 0 Å². The van der Waals surface area contributed by atoms with Crippen LogP contribution in [0.25, 0.3) is 0 Å². The Bertz CT molecular complexity index is 730. The number of aromatic nitrogens is 1. The molecule has 0 saturated carbocycles. The van der Waals surface area contributed by atoms with Crippen molar-refractivity contribution in [2.75, 3.05) is 20.1 Å². The van der Waals surface area contributed by atoms with Gasteiger partial charge in [0.15, 0.2) is 5.96 Å². The molecule has 1 unspecified atom stereocenters. The summed E-state index contributed by atoms with van der Waals surface area (Å²) in [6.45, 7) is 3.62. The molecule has 0 amide bonds. The van der Waals surface area contributed by atoms with E-state index in [1.54, 1.807) is 6.07 Å². The molecule has 0 radical (unpaired) electrons. The lowest BCUT2D eigenvalue weighted by Crippen LogP contribution is -2.39. The average molecular weight is 383 g/mol. The van der Waals surface area contributed by atoms with Gasteiger partial charge in [-0.1, -0.05) is 41.4 Å². The highest BCUT2D eigenvalue weighted by atomic mass is 35.5. The standard InChI is InChI=1S/C18H24Cl2N4O/c1-4-21-18(24(3)12-14-9-13(19)11-23(14)2)22-10-17(25)15-7-5-6-8-16(15)20/h5-9,11,17,25H,4,10,12H2,1-3H3,(H,21,22). The first kappa shape index (κ1) is 19.6. The third-order valence-electron chi connectivity index (χ3n) is 3.85. The van der Waals surface area contributed by atoms with E-state index in [1.165, 1.54) is 0 Å².